The van der Waals surface area contributed by atoms with Crippen LogP contribution in [0.4, 0.5) is 0 Å². The fourth-order valence-corrected chi connectivity index (χ4v) is 4.20. The van der Waals surface area contributed by atoms with Gasteiger partial charge in [0, 0.05) is 40.2 Å². The Balaban J connectivity index is 1.37. The summed E-state index contributed by atoms with van der Waals surface area (Å²) in [5.41, 5.74) is 2.90. The molecule has 0 unspecified atom stereocenters. The molecular weight excluding hydrogens is 420 g/mol. The van der Waals surface area contributed by atoms with E-state index in [2.05, 4.69) is 49.1 Å². The van der Waals surface area contributed by atoms with Gasteiger partial charge < -0.3 is 9.88 Å². The molecule has 146 valence electrons. The van der Waals surface area contributed by atoms with Crippen molar-refractivity contribution in [3.63, 3.8) is 0 Å². The number of amides is 1. The van der Waals surface area contributed by atoms with E-state index >= 15 is 0 Å². The van der Waals surface area contributed by atoms with Gasteiger partial charge in [-0.25, -0.2) is 4.68 Å². The largest absolute Gasteiger partial charge is 0.353 e. The second-order valence-electron chi connectivity index (χ2n) is 7.23. The molecule has 0 spiro atoms. The van der Waals surface area contributed by atoms with Crippen LogP contribution in [0.15, 0.2) is 45.9 Å². The van der Waals surface area contributed by atoms with Crippen LogP contribution in [0.5, 0.6) is 0 Å². The fraction of sp³-hybridized carbons (Fsp3) is 0.381. The Bertz CT molecular complexity index is 1070. The van der Waals surface area contributed by atoms with Crippen molar-refractivity contribution in [3.05, 3.63) is 62.6 Å². The molecule has 6 nitrogen and oxygen atoms in total. The summed E-state index contributed by atoms with van der Waals surface area (Å²) in [5.74, 6) is -0.192. The van der Waals surface area contributed by atoms with Gasteiger partial charge in [-0.3, -0.25) is 9.59 Å². The summed E-state index contributed by atoms with van der Waals surface area (Å²) in [6, 6.07) is 8.19. The SMILES string of the molecule is O=C(Cn1ncc2c(c1=O)CCCCC2)NCCn1ccc2cc(Br)ccc21. The number of rotatable bonds is 5. The van der Waals surface area contributed by atoms with E-state index in [1.54, 1.807) is 6.20 Å². The lowest BCUT2D eigenvalue weighted by Gasteiger charge is -2.11. The maximum absolute atomic E-state index is 12.6. The summed E-state index contributed by atoms with van der Waals surface area (Å²) >= 11 is 3.48. The highest BCUT2D eigenvalue weighted by Crippen LogP contribution is 2.20. The van der Waals surface area contributed by atoms with Crippen molar-refractivity contribution in [2.24, 2.45) is 0 Å². The van der Waals surface area contributed by atoms with E-state index in [1.807, 2.05) is 12.3 Å². The Morgan fingerprint density at radius 2 is 2.04 bits per heavy atom. The van der Waals surface area contributed by atoms with Crippen molar-refractivity contribution in [1.82, 2.24) is 19.7 Å². The second-order valence-corrected chi connectivity index (χ2v) is 8.15. The van der Waals surface area contributed by atoms with Crippen LogP contribution in [0.25, 0.3) is 10.9 Å². The van der Waals surface area contributed by atoms with E-state index in [9.17, 15) is 9.59 Å². The standard InChI is InChI=1S/C21H23BrN4O2/c22-17-6-7-19-15(12-17)8-10-25(19)11-9-23-20(27)14-26-21(28)18-5-3-1-2-4-16(18)13-24-26/h6-8,10,12-13H,1-5,9,11,14H2,(H,23,27). The van der Waals surface area contributed by atoms with Gasteiger partial charge in [0.15, 0.2) is 0 Å². The topological polar surface area (TPSA) is 68.9 Å². The van der Waals surface area contributed by atoms with Crippen molar-refractivity contribution < 1.29 is 4.79 Å². The number of carbonyl (C=O) groups is 1. The molecule has 0 aliphatic heterocycles. The summed E-state index contributed by atoms with van der Waals surface area (Å²) in [4.78, 5) is 25.0. The van der Waals surface area contributed by atoms with Crippen molar-refractivity contribution in [2.75, 3.05) is 6.54 Å². The lowest BCUT2D eigenvalue weighted by molar-refractivity contribution is -0.121. The number of halogens is 1. The quantitative estimate of drug-likeness (QED) is 0.617. The zero-order chi connectivity index (χ0) is 19.5. The molecule has 28 heavy (non-hydrogen) atoms. The first-order valence-electron chi connectivity index (χ1n) is 9.71. The molecular formula is C21H23BrN4O2. The predicted octanol–water partition coefficient (Wildman–Crippen LogP) is 3.05. The zero-order valence-corrected chi connectivity index (χ0v) is 17.2. The number of aryl methyl sites for hydroxylation is 1. The normalized spacial score (nSPS) is 13.9. The van der Waals surface area contributed by atoms with Crippen molar-refractivity contribution in [1.29, 1.82) is 0 Å². The molecule has 0 fully saturated rings. The third kappa shape index (κ3) is 4.04. The van der Waals surface area contributed by atoms with Crippen LogP contribution in [0.2, 0.25) is 0 Å². The molecule has 0 bridgehead atoms. The van der Waals surface area contributed by atoms with Gasteiger partial charge in [-0.2, -0.15) is 5.10 Å². The molecule has 3 aromatic rings. The van der Waals surface area contributed by atoms with Crippen LogP contribution >= 0.6 is 15.9 Å². The smallest absolute Gasteiger partial charge is 0.270 e. The predicted molar refractivity (Wildman–Crippen MR) is 112 cm³/mol. The maximum atomic E-state index is 12.6. The van der Waals surface area contributed by atoms with E-state index in [4.69, 9.17) is 0 Å². The summed E-state index contributed by atoms with van der Waals surface area (Å²) < 4.78 is 4.45. The Kier molecular flexibility index (Phi) is 5.62. The number of nitrogens with zero attached hydrogens (tertiary/aromatic N) is 3. The Morgan fingerprint density at radius 1 is 1.18 bits per heavy atom. The number of nitrogens with one attached hydrogen (secondary N) is 1. The summed E-state index contributed by atoms with van der Waals surface area (Å²) in [5, 5.41) is 8.26. The summed E-state index contributed by atoms with van der Waals surface area (Å²) in [6.45, 7) is 1.13. The van der Waals surface area contributed by atoms with Crippen molar-refractivity contribution in [3.8, 4) is 0 Å². The minimum atomic E-state index is -0.192. The first-order chi connectivity index (χ1) is 13.6. The van der Waals surface area contributed by atoms with Crippen LogP contribution < -0.4 is 10.9 Å². The average molecular weight is 443 g/mol. The zero-order valence-electron chi connectivity index (χ0n) is 15.7. The number of hydrogen-bond acceptors (Lipinski definition) is 3. The van der Waals surface area contributed by atoms with Gasteiger partial charge in [0.25, 0.3) is 5.56 Å². The molecule has 1 amide bonds. The van der Waals surface area contributed by atoms with Gasteiger partial charge in [0.2, 0.25) is 5.91 Å². The van der Waals surface area contributed by atoms with Gasteiger partial charge in [-0.15, -0.1) is 0 Å². The molecule has 0 radical (unpaired) electrons. The van der Waals surface area contributed by atoms with Crippen LogP contribution in [0, 0.1) is 0 Å². The molecule has 0 atom stereocenters. The van der Waals surface area contributed by atoms with Crippen LogP contribution in [0.1, 0.15) is 30.4 Å². The monoisotopic (exact) mass is 442 g/mol. The first kappa shape index (κ1) is 18.9. The molecule has 4 rings (SSSR count). The Labute approximate surface area is 171 Å². The summed E-state index contributed by atoms with van der Waals surface area (Å²) in [6.07, 6.45) is 8.74. The molecule has 1 aliphatic rings. The highest BCUT2D eigenvalue weighted by molar-refractivity contribution is 9.10. The number of aromatic nitrogens is 3. The summed E-state index contributed by atoms with van der Waals surface area (Å²) in [7, 11) is 0. The van der Waals surface area contributed by atoms with Crippen LogP contribution in [0.3, 0.4) is 0 Å². The lowest BCUT2D eigenvalue weighted by atomic mass is 10.1. The second kappa shape index (κ2) is 8.31. The number of carbonyl (C=O) groups excluding carboxylic acids is 1. The highest BCUT2D eigenvalue weighted by atomic mass is 79.9. The van der Waals surface area contributed by atoms with Crippen molar-refractivity contribution in [2.45, 2.75) is 45.2 Å². The van der Waals surface area contributed by atoms with Crippen molar-refractivity contribution >= 4 is 32.7 Å². The van der Waals surface area contributed by atoms with E-state index in [-0.39, 0.29) is 18.0 Å². The van der Waals surface area contributed by atoms with Gasteiger partial charge in [0.1, 0.15) is 6.54 Å². The molecule has 1 N–H and O–H groups in total. The minimum Gasteiger partial charge on any atom is -0.353 e. The lowest BCUT2D eigenvalue weighted by Crippen LogP contribution is -2.36. The fourth-order valence-electron chi connectivity index (χ4n) is 3.83. The number of benzene rings is 1. The average Bonchev–Trinajstić information content (AvgIpc) is 2.91. The van der Waals surface area contributed by atoms with Gasteiger partial charge in [0.05, 0.1) is 6.20 Å². The van der Waals surface area contributed by atoms with Gasteiger partial charge >= 0.3 is 0 Å². The molecule has 2 aromatic heterocycles. The van der Waals surface area contributed by atoms with Crippen LogP contribution in [-0.4, -0.2) is 26.8 Å². The molecule has 1 aliphatic carbocycles. The van der Waals surface area contributed by atoms with E-state index < -0.39 is 0 Å². The van der Waals surface area contributed by atoms with Gasteiger partial charge in [-0.1, -0.05) is 22.4 Å². The number of fused-ring (bicyclic) bond motifs is 2. The van der Waals surface area contributed by atoms with E-state index in [1.165, 1.54) is 4.68 Å². The minimum absolute atomic E-state index is 0.0362. The molecule has 7 heteroatoms. The molecule has 0 saturated heterocycles. The third-order valence-electron chi connectivity index (χ3n) is 5.31. The molecule has 0 saturated carbocycles. The maximum Gasteiger partial charge on any atom is 0.270 e. The van der Waals surface area contributed by atoms with E-state index in [0.29, 0.717) is 13.1 Å². The third-order valence-corrected chi connectivity index (χ3v) is 5.80. The van der Waals surface area contributed by atoms with Crippen LogP contribution in [-0.2, 0) is 30.7 Å². The Morgan fingerprint density at radius 3 is 2.93 bits per heavy atom. The molecule has 2 heterocycles. The highest BCUT2D eigenvalue weighted by Gasteiger charge is 2.15. The Hall–Kier alpha value is -2.41. The molecule has 1 aromatic carbocycles. The number of hydrogen-bond donors (Lipinski definition) is 1. The van der Waals surface area contributed by atoms with Gasteiger partial charge in [-0.05, 0) is 55.5 Å². The first-order valence-corrected chi connectivity index (χ1v) is 10.5. The van der Waals surface area contributed by atoms with E-state index in [0.717, 1.165) is 58.6 Å².